The van der Waals surface area contributed by atoms with Gasteiger partial charge in [-0.25, -0.2) is 0 Å². The summed E-state index contributed by atoms with van der Waals surface area (Å²) >= 11 is 0. The van der Waals surface area contributed by atoms with Gasteiger partial charge in [-0.2, -0.15) is 0 Å². The Bertz CT molecular complexity index is 1360. The van der Waals surface area contributed by atoms with Gasteiger partial charge in [0.1, 0.15) is 11.2 Å². The summed E-state index contributed by atoms with van der Waals surface area (Å²) in [6.07, 6.45) is 8.59. The third-order valence-electron chi connectivity index (χ3n) is 6.75. The van der Waals surface area contributed by atoms with E-state index in [1.165, 1.54) is 54.2 Å². The second-order valence-corrected chi connectivity index (χ2v) is 8.64. The van der Waals surface area contributed by atoms with Crippen LogP contribution in [0.2, 0.25) is 0 Å². The Labute approximate surface area is 182 Å². The second-order valence-electron chi connectivity index (χ2n) is 8.64. The number of furan rings is 1. The molecule has 31 heavy (non-hydrogen) atoms. The Morgan fingerprint density at radius 1 is 0.742 bits per heavy atom. The van der Waals surface area contributed by atoms with Gasteiger partial charge in [0.2, 0.25) is 0 Å². The first kappa shape index (κ1) is 18.4. The van der Waals surface area contributed by atoms with Gasteiger partial charge in [-0.3, -0.25) is 4.98 Å². The molecule has 3 aromatic carbocycles. The average molecular weight is 404 g/mol. The highest BCUT2D eigenvalue weighted by molar-refractivity contribution is 6.16. The first-order valence-electron chi connectivity index (χ1n) is 11.3. The highest BCUT2D eigenvalue weighted by Gasteiger charge is 2.20. The number of para-hydroxylation sites is 1. The zero-order valence-corrected chi connectivity index (χ0v) is 17.6. The van der Waals surface area contributed by atoms with Gasteiger partial charge >= 0.3 is 0 Å². The Kier molecular flexibility index (Phi) is 4.57. The molecule has 152 valence electrons. The van der Waals surface area contributed by atoms with Crippen LogP contribution in [0, 0.1) is 0 Å². The lowest BCUT2D eigenvalue weighted by molar-refractivity contribution is 0.443. The molecule has 2 nitrogen and oxygen atoms in total. The van der Waals surface area contributed by atoms with Crippen molar-refractivity contribution in [3.63, 3.8) is 0 Å². The molecule has 1 saturated carbocycles. The normalized spacial score (nSPS) is 15.0. The van der Waals surface area contributed by atoms with Crippen LogP contribution in [0.25, 0.3) is 44.3 Å². The lowest BCUT2D eigenvalue weighted by Crippen LogP contribution is -2.04. The van der Waals surface area contributed by atoms with Crippen LogP contribution < -0.4 is 0 Å². The molecular formula is C29H25NO. The van der Waals surface area contributed by atoms with Crippen molar-refractivity contribution in [2.24, 2.45) is 0 Å². The van der Waals surface area contributed by atoms with Gasteiger partial charge in [0.05, 0.1) is 5.69 Å². The molecule has 2 heteroatoms. The number of benzene rings is 3. The standard InChI is InChI=1S/C29H25NO/c1-3-9-20(10-4-1)22-17-18-30-26(19-22)24-16-15-23(21-11-5-2-6-12-21)28-25-13-7-8-14-27(25)31-29(24)28/h2,5-8,11-20H,1,3-4,9-10H2. The molecule has 0 unspecified atom stereocenters. The highest BCUT2D eigenvalue weighted by atomic mass is 16.3. The second kappa shape index (κ2) is 7.70. The topological polar surface area (TPSA) is 26.0 Å². The van der Waals surface area contributed by atoms with Crippen LogP contribution in [0.3, 0.4) is 0 Å². The fourth-order valence-corrected chi connectivity index (χ4v) is 5.17. The van der Waals surface area contributed by atoms with Crippen molar-refractivity contribution < 1.29 is 4.42 Å². The van der Waals surface area contributed by atoms with Crippen LogP contribution in [0.15, 0.2) is 89.5 Å². The summed E-state index contributed by atoms with van der Waals surface area (Å²) in [7, 11) is 0. The van der Waals surface area contributed by atoms with E-state index in [4.69, 9.17) is 9.40 Å². The van der Waals surface area contributed by atoms with E-state index in [1.807, 2.05) is 12.3 Å². The molecular weight excluding hydrogens is 378 g/mol. The maximum atomic E-state index is 6.45. The maximum Gasteiger partial charge on any atom is 0.145 e. The minimum atomic E-state index is 0.658. The van der Waals surface area contributed by atoms with Crippen molar-refractivity contribution in [1.29, 1.82) is 0 Å². The maximum absolute atomic E-state index is 6.45. The Balaban J connectivity index is 1.57. The van der Waals surface area contributed by atoms with Gasteiger partial charge in [-0.15, -0.1) is 0 Å². The van der Waals surface area contributed by atoms with Gasteiger partial charge in [0.25, 0.3) is 0 Å². The number of nitrogens with zero attached hydrogens (tertiary/aromatic N) is 1. The fraction of sp³-hybridized carbons (Fsp3) is 0.207. The van der Waals surface area contributed by atoms with Crippen LogP contribution >= 0.6 is 0 Å². The predicted molar refractivity (Wildman–Crippen MR) is 128 cm³/mol. The zero-order chi connectivity index (χ0) is 20.6. The van der Waals surface area contributed by atoms with Gasteiger partial charge in [-0.1, -0.05) is 73.9 Å². The van der Waals surface area contributed by atoms with Crippen molar-refractivity contribution in [2.45, 2.75) is 38.0 Å². The largest absolute Gasteiger partial charge is 0.455 e. The van der Waals surface area contributed by atoms with Crippen LogP contribution in [0.1, 0.15) is 43.6 Å². The minimum absolute atomic E-state index is 0.658. The number of hydrogen-bond donors (Lipinski definition) is 0. The molecule has 0 N–H and O–H groups in total. The van der Waals surface area contributed by atoms with Gasteiger partial charge < -0.3 is 4.42 Å². The monoisotopic (exact) mass is 403 g/mol. The van der Waals surface area contributed by atoms with E-state index in [1.54, 1.807) is 0 Å². The molecule has 0 saturated heterocycles. The summed E-state index contributed by atoms with van der Waals surface area (Å²) in [6, 6.07) is 27.8. The van der Waals surface area contributed by atoms with E-state index in [9.17, 15) is 0 Å². The molecule has 0 atom stereocenters. The quantitative estimate of drug-likeness (QED) is 0.302. The lowest BCUT2D eigenvalue weighted by Gasteiger charge is -2.22. The summed E-state index contributed by atoms with van der Waals surface area (Å²) in [5.41, 5.74) is 7.75. The van der Waals surface area contributed by atoms with E-state index in [-0.39, 0.29) is 0 Å². The van der Waals surface area contributed by atoms with Crippen molar-refractivity contribution in [1.82, 2.24) is 4.98 Å². The molecule has 0 aliphatic heterocycles. The summed E-state index contributed by atoms with van der Waals surface area (Å²) in [4.78, 5) is 4.77. The number of fused-ring (bicyclic) bond motifs is 3. The Hall–Kier alpha value is -3.39. The number of hydrogen-bond acceptors (Lipinski definition) is 2. The first-order chi connectivity index (χ1) is 15.4. The van der Waals surface area contributed by atoms with E-state index in [0.29, 0.717) is 5.92 Å². The van der Waals surface area contributed by atoms with Crippen molar-refractivity contribution in [3.05, 3.63) is 90.6 Å². The SMILES string of the molecule is c1ccc(-c2ccc(-c3cc(C4CCCCC4)ccn3)c3oc4ccccc4c23)cc1. The Morgan fingerprint density at radius 2 is 1.52 bits per heavy atom. The van der Waals surface area contributed by atoms with E-state index >= 15 is 0 Å². The number of aromatic nitrogens is 1. The lowest BCUT2D eigenvalue weighted by atomic mass is 9.84. The fourth-order valence-electron chi connectivity index (χ4n) is 5.17. The van der Waals surface area contributed by atoms with Crippen LogP contribution in [-0.4, -0.2) is 4.98 Å². The third-order valence-corrected chi connectivity index (χ3v) is 6.75. The van der Waals surface area contributed by atoms with Crippen LogP contribution in [0.5, 0.6) is 0 Å². The molecule has 1 aliphatic rings. The number of rotatable bonds is 3. The summed E-state index contributed by atoms with van der Waals surface area (Å²) < 4.78 is 6.45. The van der Waals surface area contributed by atoms with Gasteiger partial charge in [0.15, 0.2) is 0 Å². The third kappa shape index (κ3) is 3.23. The van der Waals surface area contributed by atoms with Crippen molar-refractivity contribution >= 4 is 21.9 Å². The molecule has 0 spiro atoms. The number of pyridine rings is 1. The molecule has 0 bridgehead atoms. The molecule has 1 aliphatic carbocycles. The van der Waals surface area contributed by atoms with E-state index in [0.717, 1.165) is 27.8 Å². The first-order valence-corrected chi connectivity index (χ1v) is 11.3. The molecule has 6 rings (SSSR count). The zero-order valence-electron chi connectivity index (χ0n) is 17.6. The van der Waals surface area contributed by atoms with E-state index < -0.39 is 0 Å². The summed E-state index contributed by atoms with van der Waals surface area (Å²) in [6.45, 7) is 0. The summed E-state index contributed by atoms with van der Waals surface area (Å²) in [5.74, 6) is 0.658. The molecule has 5 aromatic rings. The summed E-state index contributed by atoms with van der Waals surface area (Å²) in [5, 5.41) is 2.32. The highest BCUT2D eigenvalue weighted by Crippen LogP contribution is 2.42. The van der Waals surface area contributed by atoms with Crippen molar-refractivity contribution in [2.75, 3.05) is 0 Å². The smallest absolute Gasteiger partial charge is 0.145 e. The minimum Gasteiger partial charge on any atom is -0.455 e. The van der Waals surface area contributed by atoms with Gasteiger partial charge in [-0.05, 0) is 59.7 Å². The average Bonchev–Trinajstić information content (AvgIpc) is 3.24. The van der Waals surface area contributed by atoms with Gasteiger partial charge in [0, 0.05) is 22.5 Å². The van der Waals surface area contributed by atoms with E-state index in [2.05, 4.69) is 72.8 Å². The predicted octanol–water partition coefficient (Wildman–Crippen LogP) is 8.36. The molecule has 1 fully saturated rings. The Morgan fingerprint density at radius 3 is 2.39 bits per heavy atom. The molecule has 0 radical (unpaired) electrons. The van der Waals surface area contributed by atoms with Crippen molar-refractivity contribution in [3.8, 4) is 22.4 Å². The molecule has 0 amide bonds. The van der Waals surface area contributed by atoms with Crippen LogP contribution in [0.4, 0.5) is 0 Å². The molecule has 2 aromatic heterocycles. The van der Waals surface area contributed by atoms with Crippen LogP contribution in [-0.2, 0) is 0 Å². The molecule has 2 heterocycles.